The molecule has 11 heavy (non-hydrogen) atoms. The third-order valence-corrected chi connectivity index (χ3v) is 1.83. The van der Waals surface area contributed by atoms with Crippen molar-refractivity contribution in [2.75, 3.05) is 13.6 Å². The fourth-order valence-electron chi connectivity index (χ4n) is 0.841. The highest BCUT2D eigenvalue weighted by Crippen LogP contribution is 2.15. The van der Waals surface area contributed by atoms with E-state index in [9.17, 15) is 0 Å². The largest absolute Gasteiger partial charge is 0.302 e. The van der Waals surface area contributed by atoms with Gasteiger partial charge in [0.25, 0.3) is 0 Å². The van der Waals surface area contributed by atoms with Gasteiger partial charge in [-0.1, -0.05) is 0 Å². The summed E-state index contributed by atoms with van der Waals surface area (Å²) in [4.78, 5) is 2.18. The van der Waals surface area contributed by atoms with Gasteiger partial charge in [-0.15, -0.1) is 0 Å². The van der Waals surface area contributed by atoms with Crippen LogP contribution in [0, 0.1) is 16.7 Å². The molecule has 0 bridgehead atoms. The average molecular weight is 154 g/mol. The van der Waals surface area contributed by atoms with Gasteiger partial charge in [-0.2, -0.15) is 5.26 Å². The van der Waals surface area contributed by atoms with Crippen LogP contribution in [-0.2, 0) is 0 Å². The highest BCUT2D eigenvalue weighted by molar-refractivity contribution is 4.93. The third-order valence-electron chi connectivity index (χ3n) is 1.83. The smallest absolute Gasteiger partial charge is 0.0697 e. The lowest BCUT2D eigenvalue weighted by Crippen LogP contribution is -2.35. The standard InChI is InChI=1S/C9H18N2/c1-8(2)11(5)7-9(3,4)6-10/h8H,7H2,1-5H3. The third kappa shape index (κ3) is 4.00. The summed E-state index contributed by atoms with van der Waals surface area (Å²) in [5, 5.41) is 8.75. The molecule has 0 aromatic rings. The molecule has 0 fully saturated rings. The molecule has 2 heteroatoms. The number of hydrogen-bond acceptors (Lipinski definition) is 2. The van der Waals surface area contributed by atoms with Gasteiger partial charge < -0.3 is 4.90 Å². The van der Waals surface area contributed by atoms with Crippen LogP contribution in [0.4, 0.5) is 0 Å². The van der Waals surface area contributed by atoms with Crippen LogP contribution in [0.15, 0.2) is 0 Å². The van der Waals surface area contributed by atoms with E-state index in [0.717, 1.165) is 6.54 Å². The van der Waals surface area contributed by atoms with Gasteiger partial charge in [-0.05, 0) is 34.7 Å². The van der Waals surface area contributed by atoms with E-state index < -0.39 is 0 Å². The molecule has 0 atom stereocenters. The fourth-order valence-corrected chi connectivity index (χ4v) is 0.841. The van der Waals surface area contributed by atoms with Gasteiger partial charge in [-0.25, -0.2) is 0 Å². The Labute approximate surface area is 69.8 Å². The summed E-state index contributed by atoms with van der Waals surface area (Å²) in [5.41, 5.74) is -0.223. The number of rotatable bonds is 3. The Kier molecular flexibility index (Phi) is 3.54. The van der Waals surface area contributed by atoms with E-state index in [1.54, 1.807) is 0 Å². The van der Waals surface area contributed by atoms with E-state index in [0.29, 0.717) is 6.04 Å². The Morgan fingerprint density at radius 1 is 1.45 bits per heavy atom. The SMILES string of the molecule is CC(C)N(C)CC(C)(C)C#N. The van der Waals surface area contributed by atoms with Crippen molar-refractivity contribution >= 4 is 0 Å². The van der Waals surface area contributed by atoms with Crippen molar-refractivity contribution in [2.45, 2.75) is 33.7 Å². The average Bonchev–Trinajstić information content (AvgIpc) is 1.87. The van der Waals surface area contributed by atoms with Gasteiger partial charge in [0.1, 0.15) is 0 Å². The van der Waals surface area contributed by atoms with E-state index in [1.807, 2.05) is 20.9 Å². The van der Waals surface area contributed by atoms with Crippen LogP contribution in [0.25, 0.3) is 0 Å². The lowest BCUT2D eigenvalue weighted by atomic mass is 9.95. The summed E-state index contributed by atoms with van der Waals surface area (Å²) in [7, 11) is 2.05. The van der Waals surface area contributed by atoms with E-state index in [-0.39, 0.29) is 5.41 Å². The minimum atomic E-state index is -0.223. The van der Waals surface area contributed by atoms with Crippen LogP contribution in [-0.4, -0.2) is 24.5 Å². The lowest BCUT2D eigenvalue weighted by molar-refractivity contribution is 0.213. The summed E-state index contributed by atoms with van der Waals surface area (Å²) in [6.45, 7) is 9.03. The Morgan fingerprint density at radius 3 is 2.18 bits per heavy atom. The second-order valence-electron chi connectivity index (χ2n) is 4.00. The van der Waals surface area contributed by atoms with Crippen molar-refractivity contribution in [2.24, 2.45) is 5.41 Å². The fraction of sp³-hybridized carbons (Fsp3) is 0.889. The molecule has 0 saturated carbocycles. The zero-order chi connectivity index (χ0) is 9.07. The monoisotopic (exact) mass is 154 g/mol. The van der Waals surface area contributed by atoms with E-state index in [4.69, 9.17) is 5.26 Å². The molecule has 0 radical (unpaired) electrons. The molecule has 0 aromatic carbocycles. The zero-order valence-electron chi connectivity index (χ0n) is 8.18. The molecular weight excluding hydrogens is 136 g/mol. The molecule has 0 aromatic heterocycles. The maximum Gasteiger partial charge on any atom is 0.0697 e. The second-order valence-corrected chi connectivity index (χ2v) is 4.00. The van der Waals surface area contributed by atoms with Gasteiger partial charge >= 0.3 is 0 Å². The van der Waals surface area contributed by atoms with Gasteiger partial charge in [0.15, 0.2) is 0 Å². The number of nitrogens with zero attached hydrogens (tertiary/aromatic N) is 2. The van der Waals surface area contributed by atoms with Crippen molar-refractivity contribution < 1.29 is 0 Å². The minimum Gasteiger partial charge on any atom is -0.302 e. The van der Waals surface area contributed by atoms with Crippen molar-refractivity contribution in [1.82, 2.24) is 4.90 Å². The minimum absolute atomic E-state index is 0.223. The van der Waals surface area contributed by atoms with Crippen LogP contribution in [0.1, 0.15) is 27.7 Å². The molecule has 0 saturated heterocycles. The van der Waals surface area contributed by atoms with Crippen molar-refractivity contribution in [3.8, 4) is 6.07 Å². The summed E-state index contributed by atoms with van der Waals surface area (Å²) < 4.78 is 0. The zero-order valence-corrected chi connectivity index (χ0v) is 8.18. The first kappa shape index (κ1) is 10.4. The molecule has 0 aliphatic heterocycles. The Morgan fingerprint density at radius 2 is 1.91 bits per heavy atom. The maximum atomic E-state index is 8.75. The van der Waals surface area contributed by atoms with Crippen LogP contribution in [0.2, 0.25) is 0 Å². The second kappa shape index (κ2) is 3.73. The summed E-state index contributed by atoms with van der Waals surface area (Å²) in [6, 6.07) is 2.80. The summed E-state index contributed by atoms with van der Waals surface area (Å²) in [5.74, 6) is 0. The lowest BCUT2D eigenvalue weighted by Gasteiger charge is -2.27. The molecule has 0 unspecified atom stereocenters. The molecule has 0 N–H and O–H groups in total. The maximum absolute atomic E-state index is 8.75. The van der Waals surface area contributed by atoms with Crippen LogP contribution >= 0.6 is 0 Å². The van der Waals surface area contributed by atoms with Gasteiger partial charge in [-0.3, -0.25) is 0 Å². The molecule has 0 rings (SSSR count). The summed E-state index contributed by atoms with van der Waals surface area (Å²) >= 11 is 0. The van der Waals surface area contributed by atoms with Gasteiger partial charge in [0.2, 0.25) is 0 Å². The first-order chi connectivity index (χ1) is 4.89. The Bertz CT molecular complexity index is 153. The molecule has 0 spiro atoms. The predicted molar refractivity (Wildman–Crippen MR) is 47.2 cm³/mol. The normalized spacial score (nSPS) is 12.2. The summed E-state index contributed by atoms with van der Waals surface area (Å²) in [6.07, 6.45) is 0. The number of hydrogen-bond donors (Lipinski definition) is 0. The molecule has 0 amide bonds. The molecule has 0 heterocycles. The van der Waals surface area contributed by atoms with Crippen molar-refractivity contribution in [1.29, 1.82) is 5.26 Å². The van der Waals surface area contributed by atoms with Crippen LogP contribution in [0.3, 0.4) is 0 Å². The van der Waals surface area contributed by atoms with Crippen molar-refractivity contribution in [3.05, 3.63) is 0 Å². The molecule has 0 aliphatic carbocycles. The first-order valence-corrected chi connectivity index (χ1v) is 4.00. The molecule has 2 nitrogen and oxygen atoms in total. The Balaban J connectivity index is 3.96. The quantitative estimate of drug-likeness (QED) is 0.620. The van der Waals surface area contributed by atoms with E-state index in [1.165, 1.54) is 0 Å². The van der Waals surface area contributed by atoms with Crippen LogP contribution < -0.4 is 0 Å². The predicted octanol–water partition coefficient (Wildman–Crippen LogP) is 1.88. The van der Waals surface area contributed by atoms with Crippen LogP contribution in [0.5, 0.6) is 0 Å². The first-order valence-electron chi connectivity index (χ1n) is 4.00. The topological polar surface area (TPSA) is 27.0 Å². The highest BCUT2D eigenvalue weighted by atomic mass is 15.1. The molecular formula is C9H18N2. The van der Waals surface area contributed by atoms with E-state index in [2.05, 4.69) is 24.8 Å². The highest BCUT2D eigenvalue weighted by Gasteiger charge is 2.19. The van der Waals surface area contributed by atoms with Gasteiger partial charge in [0, 0.05) is 12.6 Å². The van der Waals surface area contributed by atoms with Crippen molar-refractivity contribution in [3.63, 3.8) is 0 Å². The van der Waals surface area contributed by atoms with Gasteiger partial charge in [0.05, 0.1) is 11.5 Å². The Hall–Kier alpha value is -0.550. The molecule has 64 valence electrons. The van der Waals surface area contributed by atoms with E-state index >= 15 is 0 Å². The molecule has 0 aliphatic rings. The number of nitriles is 1.